The van der Waals surface area contributed by atoms with Crippen molar-refractivity contribution < 1.29 is 0 Å². The lowest BCUT2D eigenvalue weighted by molar-refractivity contribution is 0.747. The van der Waals surface area contributed by atoms with Crippen molar-refractivity contribution >= 4 is 55.8 Å². The molecule has 0 N–H and O–H groups in total. The highest BCUT2D eigenvalue weighted by atomic mass is 15.2. The standard InChI is InChI=1S/C70H49N5/c1-7-19-48(20-8-1)52-31-39-66-60(43-52)61-45-54(33-40-67(61)74(66)59-37-35-58(36-38-59)73(56-27-15-5-16-28-56)57-29-17-6-18-30-57)55-34-42-69-63(46-55)62-44-53(49-21-9-2-10-22-49)32-41-68(62)75(69)70-71-64(50-23-11-3-12-24-50)47-65(72-70)51-25-13-4-14-26-51/h1-47,61,67H. The third kappa shape index (κ3) is 7.99. The van der Waals surface area contributed by atoms with Gasteiger partial charge < -0.3 is 9.80 Å². The highest BCUT2D eigenvalue weighted by molar-refractivity contribution is 6.11. The molecule has 12 aromatic rings. The van der Waals surface area contributed by atoms with Gasteiger partial charge in [-0.1, -0.05) is 194 Å². The van der Waals surface area contributed by atoms with Crippen LogP contribution in [0.1, 0.15) is 17.0 Å². The predicted molar refractivity (Wildman–Crippen MR) is 311 cm³/mol. The lowest BCUT2D eigenvalue weighted by Crippen LogP contribution is -2.29. The molecule has 0 fully saturated rings. The molecule has 1 aliphatic heterocycles. The summed E-state index contributed by atoms with van der Waals surface area (Å²) in [7, 11) is 0. The number of para-hydroxylation sites is 2. The number of aromatic nitrogens is 3. The summed E-state index contributed by atoms with van der Waals surface area (Å²) in [5.41, 5.74) is 20.1. The number of rotatable bonds is 10. The van der Waals surface area contributed by atoms with Crippen molar-refractivity contribution in [2.24, 2.45) is 0 Å². The molecule has 0 amide bonds. The maximum atomic E-state index is 5.35. The van der Waals surface area contributed by atoms with E-state index < -0.39 is 0 Å². The van der Waals surface area contributed by atoms with Gasteiger partial charge in [-0.3, -0.25) is 4.57 Å². The Balaban J connectivity index is 0.897. The quantitative estimate of drug-likeness (QED) is 0.137. The molecule has 2 aliphatic rings. The summed E-state index contributed by atoms with van der Waals surface area (Å²) < 4.78 is 2.25. The topological polar surface area (TPSA) is 37.2 Å². The Morgan fingerprint density at radius 3 is 1.37 bits per heavy atom. The van der Waals surface area contributed by atoms with Crippen LogP contribution in [-0.2, 0) is 0 Å². The molecule has 1 aliphatic carbocycles. The Morgan fingerprint density at radius 2 is 0.827 bits per heavy atom. The van der Waals surface area contributed by atoms with Crippen molar-refractivity contribution in [2.75, 3.05) is 9.80 Å². The Hall–Kier alpha value is -9.84. The Morgan fingerprint density at radius 1 is 0.373 bits per heavy atom. The molecule has 10 aromatic carbocycles. The van der Waals surface area contributed by atoms with Crippen LogP contribution in [0.4, 0.5) is 28.4 Å². The molecule has 3 heterocycles. The number of allylic oxidation sites excluding steroid dienone is 2. The van der Waals surface area contributed by atoms with Gasteiger partial charge in [0.05, 0.1) is 28.5 Å². The molecule has 14 rings (SSSR count). The Labute approximate surface area is 436 Å². The van der Waals surface area contributed by atoms with Crippen molar-refractivity contribution in [3.05, 3.63) is 296 Å². The van der Waals surface area contributed by atoms with Gasteiger partial charge in [-0.05, 0) is 130 Å². The van der Waals surface area contributed by atoms with E-state index >= 15 is 0 Å². The van der Waals surface area contributed by atoms with Crippen LogP contribution in [0.2, 0.25) is 0 Å². The lowest BCUT2D eigenvalue weighted by atomic mass is 9.85. The van der Waals surface area contributed by atoms with Crippen LogP contribution >= 0.6 is 0 Å². The molecule has 0 radical (unpaired) electrons. The summed E-state index contributed by atoms with van der Waals surface area (Å²) in [4.78, 5) is 15.5. The van der Waals surface area contributed by atoms with Gasteiger partial charge in [-0.25, -0.2) is 9.97 Å². The lowest BCUT2D eigenvalue weighted by Gasteiger charge is -2.31. The highest BCUT2D eigenvalue weighted by Gasteiger charge is 2.39. The van der Waals surface area contributed by atoms with Crippen LogP contribution in [-0.4, -0.2) is 20.6 Å². The minimum atomic E-state index is 0.0758. The van der Waals surface area contributed by atoms with E-state index in [0.29, 0.717) is 5.95 Å². The van der Waals surface area contributed by atoms with Crippen molar-refractivity contribution in [3.63, 3.8) is 0 Å². The first-order valence-corrected chi connectivity index (χ1v) is 25.7. The van der Waals surface area contributed by atoms with Crippen LogP contribution in [0.5, 0.6) is 0 Å². The average Bonchev–Trinajstić information content (AvgIpc) is 4.04. The van der Waals surface area contributed by atoms with Crippen LogP contribution in [0.15, 0.2) is 285 Å². The van der Waals surface area contributed by atoms with E-state index in [9.17, 15) is 0 Å². The first-order chi connectivity index (χ1) is 37.2. The highest BCUT2D eigenvalue weighted by Crippen LogP contribution is 2.51. The second-order valence-electron chi connectivity index (χ2n) is 19.4. The summed E-state index contributed by atoms with van der Waals surface area (Å²) in [5, 5.41) is 2.29. The number of hydrogen-bond acceptors (Lipinski definition) is 4. The van der Waals surface area contributed by atoms with Crippen LogP contribution in [0.3, 0.4) is 0 Å². The summed E-state index contributed by atoms with van der Waals surface area (Å²) in [6.07, 6.45) is 7.27. The monoisotopic (exact) mass is 959 g/mol. The summed E-state index contributed by atoms with van der Waals surface area (Å²) >= 11 is 0. The smallest absolute Gasteiger partial charge is 0.235 e. The number of nitrogens with zero attached hydrogens (tertiary/aromatic N) is 5. The fourth-order valence-electron chi connectivity index (χ4n) is 11.3. The minimum absolute atomic E-state index is 0.0758. The van der Waals surface area contributed by atoms with Gasteiger partial charge in [0, 0.05) is 56.3 Å². The van der Waals surface area contributed by atoms with Crippen molar-refractivity contribution in [3.8, 4) is 50.7 Å². The second kappa shape index (κ2) is 18.6. The summed E-state index contributed by atoms with van der Waals surface area (Å²) in [6.45, 7) is 0. The number of hydrogen-bond donors (Lipinski definition) is 0. The van der Waals surface area contributed by atoms with Crippen molar-refractivity contribution in [1.82, 2.24) is 14.5 Å². The van der Waals surface area contributed by atoms with Gasteiger partial charge in [-0.15, -0.1) is 0 Å². The van der Waals surface area contributed by atoms with E-state index in [0.717, 1.165) is 78.2 Å². The molecule has 2 aromatic heterocycles. The summed E-state index contributed by atoms with van der Waals surface area (Å²) in [6, 6.07) is 95.5. The molecule has 2 unspecified atom stereocenters. The Kier molecular flexibility index (Phi) is 10.9. The maximum Gasteiger partial charge on any atom is 0.235 e. The molecule has 0 bridgehead atoms. The van der Waals surface area contributed by atoms with E-state index in [1.807, 2.05) is 12.1 Å². The molecule has 0 saturated heterocycles. The van der Waals surface area contributed by atoms with Crippen LogP contribution in [0.25, 0.3) is 78.1 Å². The van der Waals surface area contributed by atoms with E-state index in [1.54, 1.807) is 0 Å². The van der Waals surface area contributed by atoms with Gasteiger partial charge in [0.15, 0.2) is 0 Å². The third-order valence-electron chi connectivity index (χ3n) is 14.9. The molecular weight excluding hydrogens is 911 g/mol. The number of fused-ring (bicyclic) bond motifs is 6. The van der Waals surface area contributed by atoms with Crippen LogP contribution < -0.4 is 9.80 Å². The largest absolute Gasteiger partial charge is 0.333 e. The first kappa shape index (κ1) is 43.9. The van der Waals surface area contributed by atoms with Crippen LogP contribution in [0, 0.1) is 0 Å². The zero-order valence-electron chi connectivity index (χ0n) is 41.0. The van der Waals surface area contributed by atoms with Gasteiger partial charge in [0.1, 0.15) is 0 Å². The second-order valence-corrected chi connectivity index (χ2v) is 19.4. The van der Waals surface area contributed by atoms with Crippen molar-refractivity contribution in [2.45, 2.75) is 12.0 Å². The zero-order chi connectivity index (χ0) is 49.7. The van der Waals surface area contributed by atoms with Crippen molar-refractivity contribution in [1.29, 1.82) is 0 Å². The van der Waals surface area contributed by atoms with Gasteiger partial charge in [-0.2, -0.15) is 0 Å². The van der Waals surface area contributed by atoms with E-state index in [1.165, 1.54) is 33.5 Å². The van der Waals surface area contributed by atoms with E-state index in [4.69, 9.17) is 9.97 Å². The molecule has 5 nitrogen and oxygen atoms in total. The zero-order valence-corrected chi connectivity index (χ0v) is 41.0. The number of anilines is 5. The normalized spacial score (nSPS) is 14.7. The number of benzene rings is 10. The fourth-order valence-corrected chi connectivity index (χ4v) is 11.3. The molecule has 354 valence electrons. The average molecular weight is 960 g/mol. The SMILES string of the molecule is C1=CC2C(C=C1c1ccc3c(c1)c1cc(-c4ccccc4)ccc1n3-c1nc(-c3ccccc3)cc(-c3ccccc3)n1)c1cc(-c3ccccc3)ccc1N2c1ccc(N(c2ccccc2)c2ccccc2)cc1. The molecule has 0 spiro atoms. The Bertz CT molecular complexity index is 4000. The molecule has 0 saturated carbocycles. The molecule has 5 heteroatoms. The minimum Gasteiger partial charge on any atom is -0.333 e. The van der Waals surface area contributed by atoms with Gasteiger partial charge in [0.25, 0.3) is 0 Å². The maximum absolute atomic E-state index is 5.35. The molecular formula is C70H49N5. The van der Waals surface area contributed by atoms with Gasteiger partial charge >= 0.3 is 0 Å². The molecule has 2 atom stereocenters. The summed E-state index contributed by atoms with van der Waals surface area (Å²) in [5.74, 6) is 0.730. The van der Waals surface area contributed by atoms with Gasteiger partial charge in [0.2, 0.25) is 5.95 Å². The van der Waals surface area contributed by atoms with E-state index in [-0.39, 0.29) is 12.0 Å². The third-order valence-corrected chi connectivity index (χ3v) is 14.9. The van der Waals surface area contributed by atoms with E-state index in [2.05, 4.69) is 287 Å². The first-order valence-electron chi connectivity index (χ1n) is 25.7. The predicted octanol–water partition coefficient (Wildman–Crippen LogP) is 18.0. The fraction of sp³-hybridized carbons (Fsp3) is 0.0286. The molecule has 75 heavy (non-hydrogen) atoms.